The number of hydrogen-bond acceptors (Lipinski definition) is 3. The highest BCUT2D eigenvalue weighted by Gasteiger charge is 2.41. The number of nitrogens with one attached hydrogen (secondary N) is 1. The molecule has 2 atom stereocenters. The predicted molar refractivity (Wildman–Crippen MR) is 126 cm³/mol. The standard InChI is InChI=1S/C24H20ClN5S/c25-18-5-3-6-19(15-18)29-14-4-8-21(29)23-22(20-7-1-2-11-27-20)28-24(31)30(23)16-17-9-12-26-13-10-17/h1-15,22-23H,16H2,(H,28,31). The quantitative estimate of drug-likeness (QED) is 0.433. The third-order valence-corrected chi connectivity index (χ3v) is 6.06. The van der Waals surface area contributed by atoms with Crippen LogP contribution in [0.5, 0.6) is 0 Å². The van der Waals surface area contributed by atoms with Crippen molar-refractivity contribution in [1.29, 1.82) is 0 Å². The van der Waals surface area contributed by atoms with E-state index < -0.39 is 0 Å². The van der Waals surface area contributed by atoms with Gasteiger partial charge in [-0.1, -0.05) is 23.7 Å². The van der Waals surface area contributed by atoms with Gasteiger partial charge in [0.2, 0.25) is 0 Å². The largest absolute Gasteiger partial charge is 0.352 e. The van der Waals surface area contributed by atoms with Gasteiger partial charge in [0, 0.05) is 47.7 Å². The second kappa shape index (κ2) is 8.49. The van der Waals surface area contributed by atoms with E-state index in [2.05, 4.69) is 49.1 Å². The molecule has 5 nitrogen and oxygen atoms in total. The molecule has 154 valence electrons. The molecule has 3 aromatic heterocycles. The molecule has 4 aromatic rings. The minimum absolute atomic E-state index is 0.0513. The minimum Gasteiger partial charge on any atom is -0.352 e. The molecule has 1 aliphatic heterocycles. The second-order valence-electron chi connectivity index (χ2n) is 7.39. The number of benzene rings is 1. The van der Waals surface area contributed by atoms with Gasteiger partial charge in [-0.15, -0.1) is 0 Å². The first kappa shape index (κ1) is 19.7. The molecule has 5 rings (SSSR count). The van der Waals surface area contributed by atoms with Crippen molar-refractivity contribution < 1.29 is 0 Å². The van der Waals surface area contributed by atoms with Gasteiger partial charge in [0.1, 0.15) is 0 Å². The maximum absolute atomic E-state index is 6.28. The highest BCUT2D eigenvalue weighted by molar-refractivity contribution is 7.80. The van der Waals surface area contributed by atoms with E-state index in [0.29, 0.717) is 16.7 Å². The van der Waals surface area contributed by atoms with Gasteiger partial charge >= 0.3 is 0 Å². The zero-order valence-electron chi connectivity index (χ0n) is 16.6. The number of thiocarbonyl (C=S) groups is 1. The molecule has 4 heterocycles. The minimum atomic E-state index is -0.0802. The summed E-state index contributed by atoms with van der Waals surface area (Å²) in [7, 11) is 0. The summed E-state index contributed by atoms with van der Waals surface area (Å²) in [6, 6.07) is 21.9. The van der Waals surface area contributed by atoms with Crippen LogP contribution < -0.4 is 5.32 Å². The molecule has 0 aliphatic carbocycles. The summed E-state index contributed by atoms with van der Waals surface area (Å²) in [5, 5.41) is 4.91. The van der Waals surface area contributed by atoms with E-state index in [1.807, 2.05) is 67.1 Å². The summed E-state index contributed by atoms with van der Waals surface area (Å²) < 4.78 is 2.17. The molecule has 0 saturated carbocycles. The molecule has 0 amide bonds. The fraction of sp³-hybridized carbons (Fsp3) is 0.125. The molecular formula is C24H20ClN5S. The normalized spacial score (nSPS) is 18.2. The Kier molecular flexibility index (Phi) is 5.40. The zero-order valence-corrected chi connectivity index (χ0v) is 18.2. The van der Waals surface area contributed by atoms with Crippen molar-refractivity contribution in [1.82, 2.24) is 24.8 Å². The molecule has 0 spiro atoms. The van der Waals surface area contributed by atoms with E-state index in [0.717, 1.165) is 22.6 Å². The summed E-state index contributed by atoms with van der Waals surface area (Å²) in [5.41, 5.74) is 4.21. The van der Waals surface area contributed by atoms with Crippen LogP contribution in [-0.4, -0.2) is 24.5 Å². The SMILES string of the molecule is S=C1NC(c2ccccn2)C(c2cccn2-c2cccc(Cl)c2)N1Cc1ccncc1. The lowest BCUT2D eigenvalue weighted by molar-refractivity contribution is 0.302. The van der Waals surface area contributed by atoms with Crippen molar-refractivity contribution in [2.24, 2.45) is 0 Å². The van der Waals surface area contributed by atoms with E-state index in [4.69, 9.17) is 23.8 Å². The summed E-state index contributed by atoms with van der Waals surface area (Å²) in [6.07, 6.45) is 7.49. The van der Waals surface area contributed by atoms with Crippen molar-refractivity contribution >= 4 is 28.9 Å². The first-order valence-corrected chi connectivity index (χ1v) is 10.8. The van der Waals surface area contributed by atoms with E-state index >= 15 is 0 Å². The number of rotatable bonds is 5. The second-order valence-corrected chi connectivity index (χ2v) is 8.22. The van der Waals surface area contributed by atoms with Gasteiger partial charge in [-0.05, 0) is 72.4 Å². The number of nitrogens with zero attached hydrogens (tertiary/aromatic N) is 4. The molecule has 1 aromatic carbocycles. The highest BCUT2D eigenvalue weighted by atomic mass is 35.5. The van der Waals surface area contributed by atoms with Crippen LogP contribution in [0, 0.1) is 0 Å². The summed E-state index contributed by atoms with van der Waals surface area (Å²) in [5.74, 6) is 0. The average Bonchev–Trinajstić information content (AvgIpc) is 3.40. The predicted octanol–water partition coefficient (Wildman–Crippen LogP) is 5.09. The molecule has 7 heteroatoms. The number of hydrogen-bond donors (Lipinski definition) is 1. The first-order chi connectivity index (χ1) is 15.2. The van der Waals surface area contributed by atoms with Crippen LogP contribution in [0.2, 0.25) is 5.02 Å². The smallest absolute Gasteiger partial charge is 0.170 e. The average molecular weight is 446 g/mol. The van der Waals surface area contributed by atoms with Crippen LogP contribution in [0.1, 0.15) is 29.0 Å². The number of halogens is 1. The van der Waals surface area contributed by atoms with Crippen LogP contribution in [0.25, 0.3) is 5.69 Å². The van der Waals surface area contributed by atoms with Crippen molar-refractivity contribution in [3.63, 3.8) is 0 Å². The Labute approximate surface area is 191 Å². The van der Waals surface area contributed by atoms with E-state index in [1.54, 1.807) is 0 Å². The van der Waals surface area contributed by atoms with Crippen LogP contribution in [0.15, 0.2) is 91.5 Å². The lowest BCUT2D eigenvalue weighted by atomic mass is 10.0. The van der Waals surface area contributed by atoms with Gasteiger partial charge in [0.05, 0.1) is 17.8 Å². The fourth-order valence-corrected chi connectivity index (χ4v) is 4.57. The Morgan fingerprint density at radius 3 is 2.61 bits per heavy atom. The van der Waals surface area contributed by atoms with E-state index in [9.17, 15) is 0 Å². The molecule has 0 bridgehead atoms. The zero-order chi connectivity index (χ0) is 21.2. The van der Waals surface area contributed by atoms with Crippen molar-refractivity contribution in [3.05, 3.63) is 113 Å². The van der Waals surface area contributed by atoms with Crippen LogP contribution >= 0.6 is 23.8 Å². The first-order valence-electron chi connectivity index (χ1n) is 10.0. The van der Waals surface area contributed by atoms with Crippen molar-refractivity contribution in [2.45, 2.75) is 18.6 Å². The maximum Gasteiger partial charge on any atom is 0.170 e. The number of pyridine rings is 2. The lowest BCUT2D eigenvalue weighted by Crippen LogP contribution is -2.30. The van der Waals surface area contributed by atoms with E-state index in [-0.39, 0.29) is 12.1 Å². The highest BCUT2D eigenvalue weighted by Crippen LogP contribution is 2.40. The maximum atomic E-state index is 6.28. The molecule has 0 radical (unpaired) electrons. The third-order valence-electron chi connectivity index (χ3n) is 5.47. The topological polar surface area (TPSA) is 46.0 Å². The van der Waals surface area contributed by atoms with Crippen molar-refractivity contribution in [2.75, 3.05) is 0 Å². The Bertz CT molecular complexity index is 1190. The Morgan fingerprint density at radius 1 is 0.968 bits per heavy atom. The number of aromatic nitrogens is 3. The Balaban J connectivity index is 1.61. The molecule has 2 unspecified atom stereocenters. The van der Waals surface area contributed by atoms with Gasteiger partial charge in [-0.2, -0.15) is 0 Å². The fourth-order valence-electron chi connectivity index (χ4n) is 4.08. The molecule has 31 heavy (non-hydrogen) atoms. The summed E-state index contributed by atoms with van der Waals surface area (Å²) >= 11 is 12.1. The van der Waals surface area contributed by atoms with Gasteiger partial charge in [-0.25, -0.2) is 0 Å². The summed E-state index contributed by atoms with van der Waals surface area (Å²) in [6.45, 7) is 0.670. The summed E-state index contributed by atoms with van der Waals surface area (Å²) in [4.78, 5) is 11.0. The van der Waals surface area contributed by atoms with E-state index in [1.165, 1.54) is 0 Å². The molecule has 1 aliphatic rings. The third kappa shape index (κ3) is 3.92. The van der Waals surface area contributed by atoms with Crippen LogP contribution in [-0.2, 0) is 6.54 Å². The Hall–Kier alpha value is -3.22. The van der Waals surface area contributed by atoms with Gasteiger partial charge in [0.25, 0.3) is 0 Å². The lowest BCUT2D eigenvalue weighted by Gasteiger charge is -2.29. The van der Waals surface area contributed by atoms with Crippen molar-refractivity contribution in [3.8, 4) is 5.69 Å². The molecular weight excluding hydrogens is 426 g/mol. The van der Waals surface area contributed by atoms with Gasteiger partial charge in [-0.3, -0.25) is 9.97 Å². The molecule has 1 fully saturated rings. The van der Waals surface area contributed by atoms with Gasteiger partial charge in [0.15, 0.2) is 5.11 Å². The van der Waals surface area contributed by atoms with Crippen LogP contribution in [0.3, 0.4) is 0 Å². The molecule has 1 N–H and O–H groups in total. The Morgan fingerprint density at radius 2 is 1.84 bits per heavy atom. The molecule has 1 saturated heterocycles. The van der Waals surface area contributed by atoms with Gasteiger partial charge < -0.3 is 14.8 Å². The monoisotopic (exact) mass is 445 g/mol. The van der Waals surface area contributed by atoms with Crippen LogP contribution in [0.4, 0.5) is 0 Å².